The van der Waals surface area contributed by atoms with Gasteiger partial charge < -0.3 is 10.2 Å². The van der Waals surface area contributed by atoms with Crippen LogP contribution in [0.3, 0.4) is 0 Å². The summed E-state index contributed by atoms with van der Waals surface area (Å²) < 4.78 is 0. The minimum Gasteiger partial charge on any atom is -0.348 e. The molecule has 80 valence electrons. The predicted octanol–water partition coefficient (Wildman–Crippen LogP) is 0.509. The van der Waals surface area contributed by atoms with Crippen LogP contribution in [0.15, 0.2) is 18.5 Å². The van der Waals surface area contributed by atoms with Crippen LogP contribution in [0, 0.1) is 0 Å². The molecular formula is C10H14N4O. The number of aromatic nitrogens is 2. The molecule has 0 spiro atoms. The zero-order valence-corrected chi connectivity index (χ0v) is 8.68. The van der Waals surface area contributed by atoms with E-state index < -0.39 is 0 Å². The highest BCUT2D eigenvalue weighted by molar-refractivity contribution is 5.77. The smallest absolute Gasteiger partial charge is 0.222 e. The van der Waals surface area contributed by atoms with Crippen LogP contribution in [0.4, 0.5) is 5.95 Å². The molecule has 1 aromatic heterocycles. The first kappa shape index (κ1) is 9.89. The monoisotopic (exact) mass is 206 g/mol. The molecule has 0 unspecified atom stereocenters. The molecule has 1 amide bonds. The predicted molar refractivity (Wildman–Crippen MR) is 56.3 cm³/mol. The fourth-order valence-corrected chi connectivity index (χ4v) is 1.55. The number of hydrogen-bond donors (Lipinski definition) is 1. The summed E-state index contributed by atoms with van der Waals surface area (Å²) in [5.41, 5.74) is 0. The third-order valence-electron chi connectivity index (χ3n) is 2.44. The Balaban J connectivity index is 1.79. The van der Waals surface area contributed by atoms with Crippen molar-refractivity contribution >= 4 is 11.9 Å². The second-order valence-electron chi connectivity index (χ2n) is 3.57. The Morgan fingerprint density at radius 3 is 2.80 bits per heavy atom. The van der Waals surface area contributed by atoms with Gasteiger partial charge in [-0.05, 0) is 6.07 Å². The molecule has 0 aromatic carbocycles. The summed E-state index contributed by atoms with van der Waals surface area (Å²) in [5.74, 6) is 0.841. The first-order valence-electron chi connectivity index (χ1n) is 5.11. The highest BCUT2D eigenvalue weighted by Crippen LogP contribution is 2.12. The number of nitrogens with zero attached hydrogens (tertiary/aromatic N) is 3. The standard InChI is InChI=1S/C10H14N4O/c1-2-9(15)14-6-8(7-14)13-10-11-4-3-5-12-10/h3-5,8H,2,6-7H2,1H3,(H,11,12,13). The van der Waals surface area contributed by atoms with Gasteiger partial charge in [0.25, 0.3) is 0 Å². The van der Waals surface area contributed by atoms with Crippen LogP contribution in [0.25, 0.3) is 0 Å². The van der Waals surface area contributed by atoms with Crippen molar-refractivity contribution in [2.45, 2.75) is 19.4 Å². The molecule has 2 rings (SSSR count). The summed E-state index contributed by atoms with van der Waals surface area (Å²) in [6.45, 7) is 3.39. The van der Waals surface area contributed by atoms with Gasteiger partial charge in [0, 0.05) is 31.9 Å². The molecule has 0 aliphatic carbocycles. The maximum Gasteiger partial charge on any atom is 0.222 e. The topological polar surface area (TPSA) is 58.1 Å². The first-order valence-corrected chi connectivity index (χ1v) is 5.11. The largest absolute Gasteiger partial charge is 0.348 e. The van der Waals surface area contributed by atoms with E-state index in [9.17, 15) is 4.79 Å². The van der Waals surface area contributed by atoms with E-state index in [1.54, 1.807) is 18.5 Å². The molecule has 5 nitrogen and oxygen atoms in total. The fourth-order valence-electron chi connectivity index (χ4n) is 1.55. The van der Waals surface area contributed by atoms with E-state index in [-0.39, 0.29) is 5.91 Å². The number of nitrogens with one attached hydrogen (secondary N) is 1. The maximum absolute atomic E-state index is 11.3. The molecule has 0 bridgehead atoms. The van der Waals surface area contributed by atoms with Crippen molar-refractivity contribution in [3.63, 3.8) is 0 Å². The molecule has 1 aliphatic rings. The van der Waals surface area contributed by atoms with E-state index in [4.69, 9.17) is 0 Å². The zero-order valence-electron chi connectivity index (χ0n) is 8.68. The number of rotatable bonds is 3. The summed E-state index contributed by atoms with van der Waals surface area (Å²) in [7, 11) is 0. The molecule has 0 saturated carbocycles. The van der Waals surface area contributed by atoms with Crippen molar-refractivity contribution in [3.05, 3.63) is 18.5 Å². The number of hydrogen-bond acceptors (Lipinski definition) is 4. The third kappa shape index (κ3) is 2.23. The van der Waals surface area contributed by atoms with Crippen molar-refractivity contribution in [1.29, 1.82) is 0 Å². The average molecular weight is 206 g/mol. The lowest BCUT2D eigenvalue weighted by molar-refractivity contribution is -0.134. The van der Waals surface area contributed by atoms with E-state index in [0.29, 0.717) is 18.4 Å². The first-order chi connectivity index (χ1) is 7.29. The van der Waals surface area contributed by atoms with Crippen molar-refractivity contribution in [2.75, 3.05) is 18.4 Å². The maximum atomic E-state index is 11.3. The Morgan fingerprint density at radius 2 is 2.20 bits per heavy atom. The van der Waals surface area contributed by atoms with Crippen LogP contribution in [-0.2, 0) is 4.79 Å². The third-order valence-corrected chi connectivity index (χ3v) is 2.44. The number of anilines is 1. The average Bonchev–Trinajstić information content (AvgIpc) is 2.23. The molecular weight excluding hydrogens is 192 g/mol. The van der Waals surface area contributed by atoms with Gasteiger partial charge in [0.2, 0.25) is 11.9 Å². The second kappa shape index (κ2) is 4.25. The fraction of sp³-hybridized carbons (Fsp3) is 0.500. The van der Waals surface area contributed by atoms with Crippen LogP contribution in [0.5, 0.6) is 0 Å². The molecule has 0 radical (unpaired) electrons. The van der Waals surface area contributed by atoms with E-state index in [1.165, 1.54) is 0 Å². The molecule has 0 atom stereocenters. The molecule has 1 fully saturated rings. The van der Waals surface area contributed by atoms with Crippen LogP contribution >= 0.6 is 0 Å². The lowest BCUT2D eigenvalue weighted by Gasteiger charge is -2.39. The van der Waals surface area contributed by atoms with Crippen molar-refractivity contribution < 1.29 is 4.79 Å². The van der Waals surface area contributed by atoms with Crippen molar-refractivity contribution in [1.82, 2.24) is 14.9 Å². The summed E-state index contributed by atoms with van der Waals surface area (Å²) >= 11 is 0. The Bertz CT molecular complexity index is 335. The highest BCUT2D eigenvalue weighted by atomic mass is 16.2. The molecule has 1 N–H and O–H groups in total. The van der Waals surface area contributed by atoms with Gasteiger partial charge in [-0.15, -0.1) is 0 Å². The van der Waals surface area contributed by atoms with Gasteiger partial charge in [0.05, 0.1) is 6.04 Å². The Hall–Kier alpha value is -1.65. The van der Waals surface area contributed by atoms with Crippen molar-refractivity contribution in [2.24, 2.45) is 0 Å². The molecule has 1 saturated heterocycles. The molecule has 1 aliphatic heterocycles. The Kier molecular flexibility index (Phi) is 2.80. The molecule has 5 heteroatoms. The van der Waals surface area contributed by atoms with Gasteiger partial charge in [-0.2, -0.15) is 0 Å². The van der Waals surface area contributed by atoms with Gasteiger partial charge in [-0.25, -0.2) is 9.97 Å². The van der Waals surface area contributed by atoms with Crippen LogP contribution in [-0.4, -0.2) is 39.9 Å². The Labute approximate surface area is 88.5 Å². The minimum absolute atomic E-state index is 0.210. The van der Waals surface area contributed by atoms with E-state index in [0.717, 1.165) is 13.1 Å². The number of carbonyl (C=O) groups is 1. The van der Waals surface area contributed by atoms with Gasteiger partial charge >= 0.3 is 0 Å². The highest BCUT2D eigenvalue weighted by Gasteiger charge is 2.29. The van der Waals surface area contributed by atoms with Crippen LogP contribution < -0.4 is 5.32 Å². The molecule has 2 heterocycles. The molecule has 15 heavy (non-hydrogen) atoms. The lowest BCUT2D eigenvalue weighted by Crippen LogP contribution is -2.57. The van der Waals surface area contributed by atoms with Gasteiger partial charge in [0.1, 0.15) is 0 Å². The van der Waals surface area contributed by atoms with Crippen LogP contribution in [0.1, 0.15) is 13.3 Å². The second-order valence-corrected chi connectivity index (χ2v) is 3.57. The normalized spacial score (nSPS) is 15.9. The van der Waals surface area contributed by atoms with E-state index >= 15 is 0 Å². The lowest BCUT2D eigenvalue weighted by atomic mass is 10.1. The number of likely N-dealkylation sites (tertiary alicyclic amines) is 1. The van der Waals surface area contributed by atoms with Crippen molar-refractivity contribution in [3.8, 4) is 0 Å². The summed E-state index contributed by atoms with van der Waals surface area (Å²) in [6.07, 6.45) is 3.97. The van der Waals surface area contributed by atoms with Crippen LogP contribution in [0.2, 0.25) is 0 Å². The van der Waals surface area contributed by atoms with E-state index in [1.807, 2.05) is 11.8 Å². The van der Waals surface area contributed by atoms with Gasteiger partial charge in [0.15, 0.2) is 0 Å². The summed E-state index contributed by atoms with van der Waals surface area (Å²) in [6, 6.07) is 2.07. The van der Waals surface area contributed by atoms with Gasteiger partial charge in [-0.3, -0.25) is 4.79 Å². The van der Waals surface area contributed by atoms with E-state index in [2.05, 4.69) is 15.3 Å². The summed E-state index contributed by atoms with van der Waals surface area (Å²) in [5, 5.41) is 3.17. The SMILES string of the molecule is CCC(=O)N1CC(Nc2ncccn2)C1. The zero-order chi connectivity index (χ0) is 10.7. The quantitative estimate of drug-likeness (QED) is 0.782. The number of amides is 1. The molecule has 1 aromatic rings. The number of carbonyl (C=O) groups excluding carboxylic acids is 1. The minimum atomic E-state index is 0.210. The van der Waals surface area contributed by atoms with Gasteiger partial charge in [-0.1, -0.05) is 6.92 Å². The Morgan fingerprint density at radius 1 is 1.53 bits per heavy atom. The summed E-state index contributed by atoms with van der Waals surface area (Å²) in [4.78, 5) is 21.2.